The highest BCUT2D eigenvalue weighted by atomic mass is 32.2. The maximum absolute atomic E-state index is 13.1. The molecule has 0 radical (unpaired) electrons. The van der Waals surface area contributed by atoms with Crippen LogP contribution in [0.2, 0.25) is 0 Å². The van der Waals surface area contributed by atoms with E-state index in [1.54, 1.807) is 0 Å². The minimum Gasteiger partial charge on any atom is -0.341 e. The fourth-order valence-electron chi connectivity index (χ4n) is 2.13. The number of hydrogen-bond acceptors (Lipinski definition) is 2. The lowest BCUT2D eigenvalue weighted by atomic mass is 10.2. The van der Waals surface area contributed by atoms with Crippen molar-refractivity contribution < 1.29 is 8.78 Å². The summed E-state index contributed by atoms with van der Waals surface area (Å²) in [7, 11) is 0. The molecule has 0 saturated carbocycles. The predicted molar refractivity (Wildman–Crippen MR) is 65.1 cm³/mol. The smallest absolute Gasteiger partial charge is 0.161 e. The number of aromatic nitrogens is 2. The van der Waals surface area contributed by atoms with Gasteiger partial charge in [0.25, 0.3) is 0 Å². The molecule has 1 aromatic carbocycles. The molecule has 0 bridgehead atoms. The Bertz CT molecular complexity index is 508. The average Bonchev–Trinajstić information content (AvgIpc) is 2.74. The van der Waals surface area contributed by atoms with Crippen LogP contribution < -0.4 is 0 Å². The summed E-state index contributed by atoms with van der Waals surface area (Å²) >= 11 is 1.86. The highest BCUT2D eigenvalue weighted by Crippen LogP contribution is 2.37. The molecule has 2 nitrogen and oxygen atoms in total. The zero-order chi connectivity index (χ0) is 11.8. The van der Waals surface area contributed by atoms with Gasteiger partial charge in [-0.15, -0.1) is 0 Å². The van der Waals surface area contributed by atoms with Gasteiger partial charge in [0, 0.05) is 12.1 Å². The molecule has 5 heteroatoms. The number of H-pyrrole nitrogens is 1. The van der Waals surface area contributed by atoms with Crippen molar-refractivity contribution in [3.8, 4) is 0 Å². The van der Waals surface area contributed by atoms with E-state index in [0.29, 0.717) is 16.3 Å². The molecule has 1 atom stereocenters. The maximum atomic E-state index is 13.1. The summed E-state index contributed by atoms with van der Waals surface area (Å²) in [5, 5.41) is 0.335. The van der Waals surface area contributed by atoms with Crippen molar-refractivity contribution in [2.75, 3.05) is 5.75 Å². The van der Waals surface area contributed by atoms with Crippen molar-refractivity contribution in [3.63, 3.8) is 0 Å². The second kappa shape index (κ2) is 4.29. The van der Waals surface area contributed by atoms with E-state index in [4.69, 9.17) is 0 Å². The van der Waals surface area contributed by atoms with Gasteiger partial charge >= 0.3 is 0 Å². The first-order valence-electron chi connectivity index (χ1n) is 5.70. The molecule has 1 fully saturated rings. The summed E-state index contributed by atoms with van der Waals surface area (Å²) in [6.07, 6.45) is 3.51. The van der Waals surface area contributed by atoms with E-state index >= 15 is 0 Å². The molecule has 0 spiro atoms. The third-order valence-electron chi connectivity index (χ3n) is 3.03. The molecule has 90 valence electrons. The third kappa shape index (κ3) is 2.04. The number of halogens is 2. The Morgan fingerprint density at radius 1 is 1.24 bits per heavy atom. The number of hydrogen-bond donors (Lipinski definition) is 1. The van der Waals surface area contributed by atoms with E-state index < -0.39 is 11.6 Å². The fraction of sp³-hybridized carbons (Fsp3) is 0.417. The second-order valence-corrected chi connectivity index (χ2v) is 5.57. The van der Waals surface area contributed by atoms with Gasteiger partial charge in [-0.1, -0.05) is 6.42 Å². The molecule has 17 heavy (non-hydrogen) atoms. The molecular weight excluding hydrogens is 242 g/mol. The minimum absolute atomic E-state index is 0.335. The zero-order valence-corrected chi connectivity index (χ0v) is 9.99. The second-order valence-electron chi connectivity index (χ2n) is 4.26. The Labute approximate surface area is 102 Å². The van der Waals surface area contributed by atoms with Crippen LogP contribution in [0.15, 0.2) is 12.1 Å². The predicted octanol–water partition coefficient (Wildman–Crippen LogP) is 3.80. The number of aromatic amines is 1. The molecule has 2 heterocycles. The number of imidazole rings is 1. The van der Waals surface area contributed by atoms with Gasteiger partial charge in [0.05, 0.1) is 16.3 Å². The van der Waals surface area contributed by atoms with Crippen molar-refractivity contribution in [1.82, 2.24) is 9.97 Å². The molecule has 1 saturated heterocycles. The SMILES string of the molecule is Fc1cc2nc(C3CCCCS3)[nH]c2cc1F. The van der Waals surface area contributed by atoms with Crippen molar-refractivity contribution in [2.45, 2.75) is 24.5 Å². The van der Waals surface area contributed by atoms with Gasteiger partial charge in [-0.25, -0.2) is 13.8 Å². The highest BCUT2D eigenvalue weighted by Gasteiger charge is 2.20. The van der Waals surface area contributed by atoms with Crippen LogP contribution in [0, 0.1) is 11.6 Å². The number of fused-ring (bicyclic) bond motifs is 1. The van der Waals surface area contributed by atoms with Crippen LogP contribution in [0.5, 0.6) is 0 Å². The lowest BCUT2D eigenvalue weighted by Gasteiger charge is -2.18. The van der Waals surface area contributed by atoms with Gasteiger partial charge in [-0.2, -0.15) is 11.8 Å². The summed E-state index contributed by atoms with van der Waals surface area (Å²) in [5.74, 6) is 0.301. The highest BCUT2D eigenvalue weighted by molar-refractivity contribution is 7.99. The van der Waals surface area contributed by atoms with E-state index in [0.717, 1.165) is 24.1 Å². The van der Waals surface area contributed by atoms with E-state index in [1.807, 2.05) is 11.8 Å². The molecule has 2 aromatic rings. The van der Waals surface area contributed by atoms with Crippen LogP contribution in [0.25, 0.3) is 11.0 Å². The normalized spacial score (nSPS) is 20.9. The van der Waals surface area contributed by atoms with E-state index in [-0.39, 0.29) is 0 Å². The Hall–Kier alpha value is -1.10. The van der Waals surface area contributed by atoms with Gasteiger partial charge in [-0.3, -0.25) is 0 Å². The van der Waals surface area contributed by atoms with Gasteiger partial charge in [0.15, 0.2) is 11.6 Å². The summed E-state index contributed by atoms with van der Waals surface area (Å²) < 4.78 is 26.1. The standard InChI is InChI=1S/C12H12F2N2S/c13-7-5-9-10(6-8(7)14)16-12(15-9)11-3-1-2-4-17-11/h5-6,11H,1-4H2,(H,15,16). The van der Waals surface area contributed by atoms with Crippen molar-refractivity contribution >= 4 is 22.8 Å². The van der Waals surface area contributed by atoms with Crippen LogP contribution >= 0.6 is 11.8 Å². The first-order valence-corrected chi connectivity index (χ1v) is 6.75. The van der Waals surface area contributed by atoms with Gasteiger partial charge in [0.1, 0.15) is 5.82 Å². The van der Waals surface area contributed by atoms with Crippen LogP contribution in [0.4, 0.5) is 8.78 Å². The summed E-state index contributed by atoms with van der Waals surface area (Å²) in [4.78, 5) is 7.45. The molecule has 1 N–H and O–H groups in total. The lowest BCUT2D eigenvalue weighted by Crippen LogP contribution is -2.03. The average molecular weight is 254 g/mol. The number of nitrogens with zero attached hydrogens (tertiary/aromatic N) is 1. The summed E-state index contributed by atoms with van der Waals surface area (Å²) in [5.41, 5.74) is 1.08. The third-order valence-corrected chi connectivity index (χ3v) is 4.41. The minimum atomic E-state index is -0.841. The van der Waals surface area contributed by atoms with E-state index in [1.165, 1.54) is 18.9 Å². The van der Waals surface area contributed by atoms with Crippen LogP contribution in [-0.2, 0) is 0 Å². The first-order chi connectivity index (χ1) is 8.24. The van der Waals surface area contributed by atoms with Gasteiger partial charge in [0.2, 0.25) is 0 Å². The number of benzene rings is 1. The van der Waals surface area contributed by atoms with Crippen molar-refractivity contribution in [3.05, 3.63) is 29.6 Å². The van der Waals surface area contributed by atoms with Gasteiger partial charge < -0.3 is 4.98 Å². The molecule has 1 aromatic heterocycles. The number of nitrogens with one attached hydrogen (secondary N) is 1. The van der Waals surface area contributed by atoms with Crippen LogP contribution in [-0.4, -0.2) is 15.7 Å². The topological polar surface area (TPSA) is 28.7 Å². The Kier molecular flexibility index (Phi) is 2.78. The number of rotatable bonds is 1. The molecule has 0 amide bonds. The molecule has 3 rings (SSSR count). The van der Waals surface area contributed by atoms with E-state index in [9.17, 15) is 8.78 Å². The quantitative estimate of drug-likeness (QED) is 0.838. The molecule has 1 unspecified atom stereocenters. The zero-order valence-electron chi connectivity index (χ0n) is 9.17. The largest absolute Gasteiger partial charge is 0.341 e. The monoisotopic (exact) mass is 254 g/mol. The fourth-order valence-corrected chi connectivity index (χ4v) is 3.39. The van der Waals surface area contributed by atoms with Crippen LogP contribution in [0.3, 0.4) is 0 Å². The van der Waals surface area contributed by atoms with Crippen LogP contribution in [0.1, 0.15) is 30.3 Å². The van der Waals surface area contributed by atoms with Gasteiger partial charge in [-0.05, 0) is 18.6 Å². The number of thioether (sulfide) groups is 1. The summed E-state index contributed by atoms with van der Waals surface area (Å²) in [6.45, 7) is 0. The Morgan fingerprint density at radius 2 is 2.06 bits per heavy atom. The van der Waals surface area contributed by atoms with E-state index in [2.05, 4.69) is 9.97 Å². The molecular formula is C12H12F2N2S. The van der Waals surface area contributed by atoms with Crippen molar-refractivity contribution in [1.29, 1.82) is 0 Å². The Balaban J connectivity index is 2.00. The first kappa shape index (κ1) is 11.0. The van der Waals surface area contributed by atoms with Crippen molar-refractivity contribution in [2.24, 2.45) is 0 Å². The molecule has 1 aliphatic heterocycles. The molecule has 0 aliphatic carbocycles. The lowest BCUT2D eigenvalue weighted by molar-refractivity contribution is 0.510. The Morgan fingerprint density at radius 3 is 2.82 bits per heavy atom. The molecule has 1 aliphatic rings. The maximum Gasteiger partial charge on any atom is 0.161 e. The summed E-state index contributed by atoms with van der Waals surface area (Å²) in [6, 6.07) is 2.33.